The van der Waals surface area contributed by atoms with E-state index in [4.69, 9.17) is 4.74 Å². The van der Waals surface area contributed by atoms with Crippen LogP contribution in [0.3, 0.4) is 0 Å². The third-order valence-corrected chi connectivity index (χ3v) is 3.92. The number of hydrogen-bond donors (Lipinski definition) is 0. The monoisotopic (exact) mass is 359 g/mol. The van der Waals surface area contributed by atoms with Gasteiger partial charge in [-0.15, -0.1) is 0 Å². The van der Waals surface area contributed by atoms with E-state index in [-0.39, 0.29) is 5.91 Å². The van der Waals surface area contributed by atoms with Gasteiger partial charge in [-0.3, -0.25) is 4.79 Å². The molecule has 0 saturated heterocycles. The molecule has 0 aliphatic heterocycles. The first-order valence-corrected chi connectivity index (χ1v) is 7.67. The van der Waals surface area contributed by atoms with Gasteiger partial charge in [-0.2, -0.15) is 0 Å². The highest BCUT2D eigenvalue weighted by Gasteiger charge is 2.18. The number of anilines is 1. The van der Waals surface area contributed by atoms with Gasteiger partial charge in [0, 0.05) is 10.0 Å². The van der Waals surface area contributed by atoms with Crippen molar-refractivity contribution in [1.82, 2.24) is 0 Å². The summed E-state index contributed by atoms with van der Waals surface area (Å²) in [5.74, 6) is 0.699. The maximum absolute atomic E-state index is 12.5. The molecule has 114 valence electrons. The molecule has 0 aliphatic carbocycles. The van der Waals surface area contributed by atoms with Crippen LogP contribution in [0.2, 0.25) is 0 Å². The van der Waals surface area contributed by atoms with Crippen LogP contribution < -0.4 is 9.64 Å². The zero-order valence-corrected chi connectivity index (χ0v) is 14.3. The van der Waals surface area contributed by atoms with Crippen molar-refractivity contribution in [3.63, 3.8) is 0 Å². The van der Waals surface area contributed by atoms with Gasteiger partial charge in [0.15, 0.2) is 0 Å². The largest absolute Gasteiger partial charge is 0.497 e. The molecule has 0 bridgehead atoms. The highest BCUT2D eigenvalue weighted by molar-refractivity contribution is 9.10. The van der Waals surface area contributed by atoms with E-state index >= 15 is 0 Å². The zero-order valence-electron chi connectivity index (χ0n) is 12.7. The number of carbonyl (C=O) groups is 1. The normalized spacial score (nSPS) is 10.1. The SMILES string of the molecule is C=C(C)C(=O)N(Cc1ccc(OC)cc1)c1ccccc1Br. The summed E-state index contributed by atoms with van der Waals surface area (Å²) in [6.07, 6.45) is 0. The van der Waals surface area contributed by atoms with Crippen LogP contribution in [0.15, 0.2) is 65.2 Å². The van der Waals surface area contributed by atoms with E-state index in [1.165, 1.54) is 0 Å². The third kappa shape index (κ3) is 3.77. The second-order valence-electron chi connectivity index (χ2n) is 4.97. The Kier molecular flexibility index (Phi) is 5.39. The Morgan fingerprint density at radius 2 is 1.82 bits per heavy atom. The summed E-state index contributed by atoms with van der Waals surface area (Å²) in [6.45, 7) is 5.97. The Hall–Kier alpha value is -2.07. The fraction of sp³-hybridized carbons (Fsp3) is 0.167. The minimum atomic E-state index is -0.0947. The van der Waals surface area contributed by atoms with Gasteiger partial charge in [-0.05, 0) is 52.7 Å². The van der Waals surface area contributed by atoms with Gasteiger partial charge >= 0.3 is 0 Å². The summed E-state index contributed by atoms with van der Waals surface area (Å²) in [5.41, 5.74) is 2.35. The summed E-state index contributed by atoms with van der Waals surface area (Å²) in [4.78, 5) is 14.2. The maximum Gasteiger partial charge on any atom is 0.253 e. The number of amides is 1. The van der Waals surface area contributed by atoms with E-state index in [2.05, 4.69) is 22.5 Å². The summed E-state index contributed by atoms with van der Waals surface area (Å²) >= 11 is 3.51. The van der Waals surface area contributed by atoms with Crippen molar-refractivity contribution in [3.8, 4) is 5.75 Å². The first kappa shape index (κ1) is 16.3. The van der Waals surface area contributed by atoms with Crippen LogP contribution in [0.1, 0.15) is 12.5 Å². The number of para-hydroxylation sites is 1. The second-order valence-corrected chi connectivity index (χ2v) is 5.83. The Labute approximate surface area is 139 Å². The molecule has 0 unspecified atom stereocenters. The van der Waals surface area contributed by atoms with Crippen LogP contribution in [0.4, 0.5) is 5.69 Å². The number of nitrogens with zero attached hydrogens (tertiary/aromatic N) is 1. The van der Waals surface area contributed by atoms with Crippen LogP contribution in [0.25, 0.3) is 0 Å². The van der Waals surface area contributed by atoms with Crippen molar-refractivity contribution in [2.24, 2.45) is 0 Å². The van der Waals surface area contributed by atoms with Crippen molar-refractivity contribution in [2.45, 2.75) is 13.5 Å². The first-order valence-electron chi connectivity index (χ1n) is 6.87. The minimum absolute atomic E-state index is 0.0947. The molecule has 2 aromatic carbocycles. The molecule has 0 aromatic heterocycles. The van der Waals surface area contributed by atoms with E-state index in [9.17, 15) is 4.79 Å². The summed E-state index contributed by atoms with van der Waals surface area (Å²) in [7, 11) is 1.63. The van der Waals surface area contributed by atoms with Crippen LogP contribution in [0.5, 0.6) is 5.75 Å². The summed E-state index contributed by atoms with van der Waals surface area (Å²) in [6, 6.07) is 15.3. The fourth-order valence-corrected chi connectivity index (χ4v) is 2.58. The topological polar surface area (TPSA) is 29.5 Å². The number of hydrogen-bond acceptors (Lipinski definition) is 2. The molecule has 0 fully saturated rings. The minimum Gasteiger partial charge on any atom is -0.497 e. The second kappa shape index (κ2) is 7.27. The molecule has 0 atom stereocenters. The van der Waals surface area contributed by atoms with Crippen LogP contribution >= 0.6 is 15.9 Å². The lowest BCUT2D eigenvalue weighted by molar-refractivity contribution is -0.115. The molecule has 0 spiro atoms. The van der Waals surface area contributed by atoms with Crippen LogP contribution in [-0.2, 0) is 11.3 Å². The van der Waals surface area contributed by atoms with E-state index in [0.29, 0.717) is 12.1 Å². The van der Waals surface area contributed by atoms with Gasteiger partial charge in [0.1, 0.15) is 5.75 Å². The van der Waals surface area contributed by atoms with E-state index in [1.54, 1.807) is 18.9 Å². The predicted molar refractivity (Wildman–Crippen MR) is 93.1 cm³/mol. The maximum atomic E-state index is 12.5. The van der Waals surface area contributed by atoms with Gasteiger partial charge < -0.3 is 9.64 Å². The average Bonchev–Trinajstić information content (AvgIpc) is 2.53. The molecular weight excluding hydrogens is 342 g/mol. The zero-order chi connectivity index (χ0) is 16.1. The summed E-state index contributed by atoms with van der Waals surface area (Å²) in [5, 5.41) is 0. The number of benzene rings is 2. The van der Waals surface area contributed by atoms with Crippen molar-refractivity contribution in [1.29, 1.82) is 0 Å². The molecule has 2 rings (SSSR count). The lowest BCUT2D eigenvalue weighted by Crippen LogP contribution is -2.31. The molecule has 0 saturated carbocycles. The fourth-order valence-electron chi connectivity index (χ4n) is 2.08. The lowest BCUT2D eigenvalue weighted by Gasteiger charge is -2.24. The Bertz CT molecular complexity index is 680. The molecule has 3 nitrogen and oxygen atoms in total. The van der Waals surface area contributed by atoms with Gasteiger partial charge in [0.25, 0.3) is 5.91 Å². The smallest absolute Gasteiger partial charge is 0.253 e. The molecule has 0 radical (unpaired) electrons. The first-order chi connectivity index (χ1) is 10.5. The number of carbonyl (C=O) groups excluding carboxylic acids is 1. The average molecular weight is 360 g/mol. The number of halogens is 1. The van der Waals surface area contributed by atoms with Gasteiger partial charge in [0.2, 0.25) is 0 Å². The molecule has 1 amide bonds. The lowest BCUT2D eigenvalue weighted by atomic mass is 10.1. The quantitative estimate of drug-likeness (QED) is 0.732. The molecule has 0 N–H and O–H groups in total. The standard InChI is InChI=1S/C18H18BrNO2/c1-13(2)18(21)20(17-7-5-4-6-16(17)19)12-14-8-10-15(22-3)11-9-14/h4-11H,1,12H2,2-3H3. The van der Waals surface area contributed by atoms with Gasteiger partial charge in [0.05, 0.1) is 19.3 Å². The number of ether oxygens (including phenoxy) is 1. The Balaban J connectivity index is 2.34. The van der Waals surface area contributed by atoms with Crippen LogP contribution in [0, 0.1) is 0 Å². The highest BCUT2D eigenvalue weighted by atomic mass is 79.9. The Morgan fingerprint density at radius 1 is 1.18 bits per heavy atom. The van der Waals surface area contributed by atoms with Gasteiger partial charge in [-0.25, -0.2) is 0 Å². The number of methoxy groups -OCH3 is 1. The van der Waals surface area contributed by atoms with Gasteiger partial charge in [-0.1, -0.05) is 30.8 Å². The summed E-state index contributed by atoms with van der Waals surface area (Å²) < 4.78 is 6.03. The molecule has 22 heavy (non-hydrogen) atoms. The van der Waals surface area contributed by atoms with E-state index < -0.39 is 0 Å². The molecule has 2 aromatic rings. The van der Waals surface area contributed by atoms with Crippen molar-refractivity contribution in [2.75, 3.05) is 12.0 Å². The predicted octanol–water partition coefficient (Wildman–Crippen LogP) is 4.57. The number of rotatable bonds is 5. The van der Waals surface area contributed by atoms with Crippen molar-refractivity contribution >= 4 is 27.5 Å². The van der Waals surface area contributed by atoms with Crippen molar-refractivity contribution < 1.29 is 9.53 Å². The molecule has 4 heteroatoms. The van der Waals surface area contributed by atoms with E-state index in [0.717, 1.165) is 21.5 Å². The van der Waals surface area contributed by atoms with Crippen LogP contribution in [-0.4, -0.2) is 13.0 Å². The molecule has 0 aliphatic rings. The molecular formula is C18H18BrNO2. The van der Waals surface area contributed by atoms with Crippen molar-refractivity contribution in [3.05, 3.63) is 70.7 Å². The molecule has 0 heterocycles. The highest BCUT2D eigenvalue weighted by Crippen LogP contribution is 2.28. The third-order valence-electron chi connectivity index (χ3n) is 3.25. The Morgan fingerprint density at radius 3 is 2.36 bits per heavy atom. The van der Waals surface area contributed by atoms with E-state index in [1.807, 2.05) is 48.5 Å².